The number of carbonyl (C=O) groups excluding carboxylic acids is 1. The molecule has 9 rings (SSSR count). The first-order chi connectivity index (χ1) is 32.0. The van der Waals surface area contributed by atoms with Crippen molar-refractivity contribution in [3.63, 3.8) is 0 Å². The molecular weight excluding hydrogens is 897 g/mol. The largest absolute Gasteiger partial charge is 0.505 e. The summed E-state index contributed by atoms with van der Waals surface area (Å²) < 4.78 is 73.6. The molecule has 0 spiro atoms. The highest BCUT2D eigenvalue weighted by Gasteiger charge is 2.23. The molecule has 1 aromatic heterocycles. The van der Waals surface area contributed by atoms with Gasteiger partial charge in [0.2, 0.25) is 0 Å². The lowest BCUT2D eigenvalue weighted by Gasteiger charge is -2.09. The minimum atomic E-state index is -4.90. The number of anilines is 1. The Balaban J connectivity index is 0.891. The van der Waals surface area contributed by atoms with Gasteiger partial charge in [0.1, 0.15) is 27.4 Å². The van der Waals surface area contributed by atoms with E-state index in [9.17, 15) is 35.8 Å². The van der Waals surface area contributed by atoms with Crippen LogP contribution in [0.5, 0.6) is 11.5 Å². The Bertz CT molecular complexity index is 3780. The van der Waals surface area contributed by atoms with Crippen molar-refractivity contribution in [1.29, 1.82) is 0 Å². The summed E-state index contributed by atoms with van der Waals surface area (Å²) in [4.78, 5) is 12.9. The molecule has 0 bridgehead atoms. The van der Waals surface area contributed by atoms with Gasteiger partial charge in [0.15, 0.2) is 5.75 Å². The molecule has 0 radical (unpaired) electrons. The molecule has 1 amide bonds. The first kappa shape index (κ1) is 44.2. The van der Waals surface area contributed by atoms with Crippen molar-refractivity contribution in [2.24, 2.45) is 20.5 Å². The number of nitrogens with zero attached hydrogens (tertiary/aromatic N) is 7. The molecule has 8 aromatic carbocycles. The molecule has 4 N–H and O–H groups in total. The van der Waals surface area contributed by atoms with E-state index in [1.54, 1.807) is 54.6 Å². The number of hydrogen-bond donors (Lipinski definition) is 4. The zero-order chi connectivity index (χ0) is 47.2. The molecule has 9 aromatic rings. The van der Waals surface area contributed by atoms with Gasteiger partial charge in [-0.25, -0.2) is 0 Å². The van der Waals surface area contributed by atoms with Crippen LogP contribution in [0.3, 0.4) is 0 Å². The van der Waals surface area contributed by atoms with Crippen molar-refractivity contribution in [1.82, 2.24) is 15.0 Å². The maximum Gasteiger partial charge on any atom is 0.295 e. The first-order valence-corrected chi connectivity index (χ1v) is 23.5. The number of nitrogens with one attached hydrogen (secondary N) is 1. The van der Waals surface area contributed by atoms with Crippen molar-refractivity contribution < 1.29 is 40.6 Å². The van der Waals surface area contributed by atoms with Gasteiger partial charge in [-0.05, 0) is 151 Å². The Morgan fingerprint density at radius 3 is 2.06 bits per heavy atom. The van der Waals surface area contributed by atoms with E-state index in [1.165, 1.54) is 16.9 Å². The number of amides is 1. The van der Waals surface area contributed by atoms with Gasteiger partial charge < -0.3 is 15.2 Å². The summed E-state index contributed by atoms with van der Waals surface area (Å²) in [6, 6.07) is 34.9. The third-order valence-electron chi connectivity index (χ3n) is 10.9. The van der Waals surface area contributed by atoms with Gasteiger partial charge in [-0.3, -0.25) is 13.9 Å². The van der Waals surface area contributed by atoms with E-state index in [4.69, 9.17) is 4.74 Å². The summed E-state index contributed by atoms with van der Waals surface area (Å²) in [5.41, 5.74) is 5.40. The second-order valence-electron chi connectivity index (χ2n) is 15.6. The fourth-order valence-electron chi connectivity index (χ4n) is 7.44. The average molecular weight is 935 g/mol. The second kappa shape index (κ2) is 17.4. The molecule has 336 valence electrons. The van der Waals surface area contributed by atoms with Crippen LogP contribution in [-0.2, 0) is 20.2 Å². The van der Waals surface area contributed by atoms with Crippen molar-refractivity contribution in [3.8, 4) is 17.2 Å². The minimum Gasteiger partial charge on any atom is -0.505 e. The minimum absolute atomic E-state index is 0.0146. The maximum absolute atomic E-state index is 13.1. The van der Waals surface area contributed by atoms with Crippen LogP contribution in [0.1, 0.15) is 34.8 Å². The summed E-state index contributed by atoms with van der Waals surface area (Å²) in [5.74, 6) is 0.393. The quantitative estimate of drug-likeness (QED) is 0.0662. The highest BCUT2D eigenvalue weighted by Crippen LogP contribution is 2.38. The van der Waals surface area contributed by atoms with Gasteiger partial charge in [0.25, 0.3) is 26.1 Å². The highest BCUT2D eigenvalue weighted by molar-refractivity contribution is 7.86. The lowest BCUT2D eigenvalue weighted by Crippen LogP contribution is -2.11. The van der Waals surface area contributed by atoms with Crippen LogP contribution >= 0.6 is 0 Å². The SMILES string of the molecule is CCCOc1ccc2ccc(NC(=O)c3ccc(N=Nc4cc(C)c(N=Nc5ccc6cc(-n7nc8ccc9c(S(=O)(=O)O)cc(S(=O)(=O)O)cc9c8n7)ccc6c5O)cc4C)cc3)cc2c1. The molecule has 67 heavy (non-hydrogen) atoms. The molecule has 0 saturated carbocycles. The Hall–Kier alpha value is -7.97. The van der Waals surface area contributed by atoms with Crippen molar-refractivity contribution in [2.45, 2.75) is 37.0 Å². The summed E-state index contributed by atoms with van der Waals surface area (Å²) in [6.07, 6.45) is 0.911. The summed E-state index contributed by atoms with van der Waals surface area (Å²) in [5, 5.41) is 43.8. The number of hydrogen-bond acceptors (Lipinski definition) is 13. The molecule has 0 aliphatic heterocycles. The Morgan fingerprint density at radius 1 is 0.657 bits per heavy atom. The number of aromatic hydroxyl groups is 1. The number of phenols is 1. The molecular formula is C48H38N8O9S2. The Kier molecular flexibility index (Phi) is 11.5. The standard InChI is InChI=1S/C48H38N8O9S2/c1-4-19-65-36-14-8-29-5-12-34(22-32(29)24-36)49-48(58)30-6-10-33(11-7-30)50-52-43-20-28(3)44(21-27(43)2)53-51-42-17-9-31-23-35(13-15-38(31)47(42)57)56-54-41-18-16-39-40(46(41)55-56)25-37(66(59,60)61)26-45(39)67(62,63)64/h5-18,20-26,57H,4,19H2,1-3H3,(H,49,58)(H,59,60,61)(H,62,63,64). The van der Waals surface area contributed by atoms with E-state index in [1.807, 2.05) is 62.4 Å². The maximum atomic E-state index is 13.1. The predicted octanol–water partition coefficient (Wildman–Crippen LogP) is 11.6. The van der Waals surface area contributed by atoms with Crippen LogP contribution in [-0.4, -0.2) is 58.6 Å². The lowest BCUT2D eigenvalue weighted by atomic mass is 10.1. The summed E-state index contributed by atoms with van der Waals surface area (Å²) >= 11 is 0. The van der Waals surface area contributed by atoms with Crippen LogP contribution in [0, 0.1) is 13.8 Å². The second-order valence-corrected chi connectivity index (χ2v) is 18.4. The van der Waals surface area contributed by atoms with Crippen LogP contribution in [0.4, 0.5) is 28.4 Å². The normalized spacial score (nSPS) is 12.3. The zero-order valence-corrected chi connectivity index (χ0v) is 37.4. The number of carbonyl (C=O) groups is 1. The van der Waals surface area contributed by atoms with E-state index in [2.05, 4.69) is 42.9 Å². The molecule has 19 heteroatoms. The van der Waals surface area contributed by atoms with Crippen molar-refractivity contribution in [3.05, 3.63) is 144 Å². The topological polar surface area (TPSA) is 247 Å². The smallest absolute Gasteiger partial charge is 0.295 e. The summed E-state index contributed by atoms with van der Waals surface area (Å²) in [6.45, 7) is 6.40. The molecule has 0 aliphatic carbocycles. The molecule has 17 nitrogen and oxygen atoms in total. The van der Waals surface area contributed by atoms with E-state index < -0.39 is 30.0 Å². The van der Waals surface area contributed by atoms with Gasteiger partial charge in [0.05, 0.1) is 34.3 Å². The third kappa shape index (κ3) is 9.16. The number of ether oxygens (including phenoxy) is 1. The van der Waals surface area contributed by atoms with Gasteiger partial charge in [-0.15, -0.1) is 15.3 Å². The van der Waals surface area contributed by atoms with Gasteiger partial charge in [0, 0.05) is 27.4 Å². The number of aryl methyl sites for hydroxylation is 2. The van der Waals surface area contributed by atoms with E-state index >= 15 is 0 Å². The number of azo groups is 2. The monoisotopic (exact) mass is 934 g/mol. The molecule has 0 fully saturated rings. The molecule has 0 aliphatic rings. The third-order valence-corrected chi connectivity index (χ3v) is 12.6. The fraction of sp³-hybridized carbons (Fsp3) is 0.104. The molecule has 0 saturated heterocycles. The fourth-order valence-corrected chi connectivity index (χ4v) is 8.78. The van der Waals surface area contributed by atoms with E-state index in [0.29, 0.717) is 57.4 Å². The molecule has 0 unspecified atom stereocenters. The van der Waals surface area contributed by atoms with Crippen molar-refractivity contribution >= 4 is 97.9 Å². The Labute approximate surface area is 382 Å². The highest BCUT2D eigenvalue weighted by atomic mass is 32.2. The number of rotatable bonds is 12. The van der Waals surface area contributed by atoms with Gasteiger partial charge >= 0.3 is 0 Å². The lowest BCUT2D eigenvalue weighted by molar-refractivity contribution is 0.102. The molecule has 0 atom stereocenters. The number of phenolic OH excluding ortho intramolecular Hbond substituents is 1. The zero-order valence-electron chi connectivity index (χ0n) is 35.8. The summed E-state index contributed by atoms with van der Waals surface area (Å²) in [7, 11) is -9.76. The number of benzene rings is 8. The van der Waals surface area contributed by atoms with E-state index in [0.717, 1.165) is 40.1 Å². The van der Waals surface area contributed by atoms with Crippen LogP contribution in [0.15, 0.2) is 158 Å². The van der Waals surface area contributed by atoms with Gasteiger partial charge in [-0.2, -0.15) is 37.0 Å². The Morgan fingerprint density at radius 2 is 1.34 bits per heavy atom. The van der Waals surface area contributed by atoms with Crippen molar-refractivity contribution in [2.75, 3.05) is 11.9 Å². The number of fused-ring (bicyclic) bond motifs is 5. The molecule has 1 heterocycles. The van der Waals surface area contributed by atoms with Gasteiger partial charge in [-0.1, -0.05) is 31.2 Å². The predicted molar refractivity (Wildman–Crippen MR) is 254 cm³/mol. The first-order valence-electron chi connectivity index (χ1n) is 20.6. The van der Waals surface area contributed by atoms with E-state index in [-0.39, 0.29) is 39.1 Å². The van der Waals surface area contributed by atoms with Crippen LogP contribution in [0.25, 0.3) is 49.0 Å². The number of aromatic nitrogens is 3. The van der Waals surface area contributed by atoms with Crippen LogP contribution < -0.4 is 10.1 Å². The van der Waals surface area contributed by atoms with Crippen LogP contribution in [0.2, 0.25) is 0 Å². The average Bonchev–Trinajstić information content (AvgIpc) is 3.75.